The van der Waals surface area contributed by atoms with E-state index in [1.807, 2.05) is 11.6 Å². The highest BCUT2D eigenvalue weighted by Crippen LogP contribution is 2.29. The van der Waals surface area contributed by atoms with Crippen molar-refractivity contribution in [1.82, 2.24) is 4.98 Å². The van der Waals surface area contributed by atoms with Gasteiger partial charge in [-0.15, -0.1) is 11.3 Å². The molecule has 84 valence electrons. The van der Waals surface area contributed by atoms with Crippen LogP contribution in [-0.4, -0.2) is 10.3 Å². The molecule has 0 fully saturated rings. The molecular formula is C12H11Br2NS. The van der Waals surface area contributed by atoms with E-state index < -0.39 is 0 Å². The Kier molecular flexibility index (Phi) is 4.55. The topological polar surface area (TPSA) is 12.9 Å². The Bertz CT molecular complexity index is 442. The molecule has 0 saturated heterocycles. The van der Waals surface area contributed by atoms with Crippen molar-refractivity contribution >= 4 is 43.2 Å². The van der Waals surface area contributed by atoms with Gasteiger partial charge >= 0.3 is 0 Å². The molecule has 1 nitrogen and oxygen atoms in total. The number of alkyl halides is 1. The zero-order chi connectivity index (χ0) is 11.4. The predicted octanol–water partition coefficient (Wildman–Crippen LogP) is 4.63. The van der Waals surface area contributed by atoms with Crippen LogP contribution < -0.4 is 0 Å². The van der Waals surface area contributed by atoms with Gasteiger partial charge in [-0.05, 0) is 18.1 Å². The van der Waals surface area contributed by atoms with E-state index in [9.17, 15) is 0 Å². The zero-order valence-corrected chi connectivity index (χ0v) is 12.6. The third kappa shape index (κ3) is 2.93. The van der Waals surface area contributed by atoms with Crippen molar-refractivity contribution in [3.05, 3.63) is 50.9 Å². The zero-order valence-electron chi connectivity index (χ0n) is 8.57. The summed E-state index contributed by atoms with van der Waals surface area (Å²) in [5.41, 5.74) is 4.40. The average molecular weight is 361 g/mol. The summed E-state index contributed by atoms with van der Waals surface area (Å²) in [6, 6.07) is 8.38. The molecular weight excluding hydrogens is 350 g/mol. The molecule has 1 aromatic heterocycles. The number of aromatic nitrogens is 1. The van der Waals surface area contributed by atoms with Crippen LogP contribution in [0.3, 0.4) is 0 Å². The lowest BCUT2D eigenvalue weighted by Crippen LogP contribution is -2.05. The number of rotatable bonds is 4. The van der Waals surface area contributed by atoms with Gasteiger partial charge in [0.1, 0.15) is 0 Å². The Labute approximate surface area is 116 Å². The number of benzene rings is 1. The summed E-state index contributed by atoms with van der Waals surface area (Å²) >= 11 is 8.84. The van der Waals surface area contributed by atoms with Gasteiger partial charge in [-0.25, -0.2) is 4.98 Å². The Hall–Kier alpha value is -0.190. The number of thiazole rings is 1. The van der Waals surface area contributed by atoms with Crippen LogP contribution in [0.2, 0.25) is 0 Å². The maximum Gasteiger partial charge on any atom is 0.0794 e. The second kappa shape index (κ2) is 5.94. The Morgan fingerprint density at radius 3 is 2.75 bits per heavy atom. The minimum absolute atomic E-state index is 0.470. The van der Waals surface area contributed by atoms with Gasteiger partial charge in [0.25, 0.3) is 0 Å². The first-order chi connectivity index (χ1) is 7.81. The largest absolute Gasteiger partial charge is 0.250 e. The Morgan fingerprint density at radius 2 is 2.12 bits per heavy atom. The highest BCUT2D eigenvalue weighted by molar-refractivity contribution is 9.10. The lowest BCUT2D eigenvalue weighted by Gasteiger charge is -2.14. The van der Waals surface area contributed by atoms with Crippen LogP contribution in [0.4, 0.5) is 0 Å². The summed E-state index contributed by atoms with van der Waals surface area (Å²) < 4.78 is 1.18. The standard InChI is InChI=1S/C12H11Br2NS/c13-6-9(5-10-7-16-8-15-10)11-3-1-2-4-12(11)14/h1-4,7-9H,5-6H2. The first kappa shape index (κ1) is 12.3. The molecule has 0 spiro atoms. The summed E-state index contributed by atoms with van der Waals surface area (Å²) in [6.07, 6.45) is 0.983. The van der Waals surface area contributed by atoms with Gasteiger partial charge in [0.05, 0.1) is 11.2 Å². The molecule has 1 atom stereocenters. The minimum Gasteiger partial charge on any atom is -0.250 e. The van der Waals surface area contributed by atoms with Crippen molar-refractivity contribution in [2.45, 2.75) is 12.3 Å². The molecule has 1 aromatic carbocycles. The van der Waals surface area contributed by atoms with E-state index >= 15 is 0 Å². The van der Waals surface area contributed by atoms with Crippen molar-refractivity contribution in [2.24, 2.45) is 0 Å². The fourth-order valence-corrected chi connectivity index (χ4v) is 3.40. The fourth-order valence-electron chi connectivity index (χ4n) is 1.64. The van der Waals surface area contributed by atoms with Crippen LogP contribution in [-0.2, 0) is 6.42 Å². The van der Waals surface area contributed by atoms with Crippen molar-refractivity contribution < 1.29 is 0 Å². The van der Waals surface area contributed by atoms with Crippen molar-refractivity contribution in [3.8, 4) is 0 Å². The van der Waals surface area contributed by atoms with Gasteiger partial charge in [-0.3, -0.25) is 0 Å². The third-order valence-electron chi connectivity index (χ3n) is 2.47. The SMILES string of the molecule is BrCC(Cc1cscn1)c1ccccc1Br. The fraction of sp³-hybridized carbons (Fsp3) is 0.250. The molecule has 0 radical (unpaired) electrons. The molecule has 0 N–H and O–H groups in total. The van der Waals surface area contributed by atoms with Crippen LogP contribution >= 0.6 is 43.2 Å². The second-order valence-corrected chi connectivity index (χ2v) is 5.78. The highest BCUT2D eigenvalue weighted by Gasteiger charge is 2.14. The molecule has 0 aliphatic rings. The van der Waals surface area contributed by atoms with Crippen LogP contribution in [0, 0.1) is 0 Å². The monoisotopic (exact) mass is 359 g/mol. The summed E-state index contributed by atoms with van der Waals surface area (Å²) in [5.74, 6) is 0.470. The number of halogens is 2. The number of hydrogen-bond acceptors (Lipinski definition) is 2. The molecule has 4 heteroatoms. The molecule has 16 heavy (non-hydrogen) atoms. The molecule has 0 amide bonds. The first-order valence-corrected chi connectivity index (χ1v) is 7.84. The van der Waals surface area contributed by atoms with E-state index in [0.717, 1.165) is 11.8 Å². The molecule has 2 aromatic rings. The van der Waals surface area contributed by atoms with E-state index in [-0.39, 0.29) is 0 Å². The molecule has 2 rings (SSSR count). The first-order valence-electron chi connectivity index (χ1n) is 4.98. The van der Waals surface area contributed by atoms with Gasteiger partial charge in [0, 0.05) is 21.1 Å². The van der Waals surface area contributed by atoms with E-state index in [2.05, 4.69) is 60.4 Å². The Morgan fingerprint density at radius 1 is 1.31 bits per heavy atom. The van der Waals surface area contributed by atoms with Gasteiger partial charge in [0.2, 0.25) is 0 Å². The molecule has 0 aliphatic carbocycles. The van der Waals surface area contributed by atoms with E-state index in [4.69, 9.17) is 0 Å². The molecule has 0 aliphatic heterocycles. The minimum atomic E-state index is 0.470. The molecule has 1 heterocycles. The van der Waals surface area contributed by atoms with E-state index in [1.54, 1.807) is 11.3 Å². The van der Waals surface area contributed by atoms with E-state index in [1.165, 1.54) is 15.7 Å². The van der Waals surface area contributed by atoms with E-state index in [0.29, 0.717) is 5.92 Å². The van der Waals surface area contributed by atoms with Crippen molar-refractivity contribution in [3.63, 3.8) is 0 Å². The van der Waals surface area contributed by atoms with Crippen molar-refractivity contribution in [2.75, 3.05) is 5.33 Å². The van der Waals surface area contributed by atoms with Gasteiger partial charge < -0.3 is 0 Å². The predicted molar refractivity (Wildman–Crippen MR) is 76.5 cm³/mol. The van der Waals surface area contributed by atoms with Crippen molar-refractivity contribution in [1.29, 1.82) is 0 Å². The smallest absolute Gasteiger partial charge is 0.0794 e. The quantitative estimate of drug-likeness (QED) is 0.724. The normalized spacial score (nSPS) is 12.6. The second-order valence-electron chi connectivity index (χ2n) is 3.56. The molecule has 0 bridgehead atoms. The van der Waals surface area contributed by atoms with Gasteiger partial charge in [-0.1, -0.05) is 50.1 Å². The van der Waals surface area contributed by atoms with Crippen LogP contribution in [0.15, 0.2) is 39.6 Å². The Balaban J connectivity index is 2.20. The number of nitrogens with zero attached hydrogens (tertiary/aromatic N) is 1. The average Bonchev–Trinajstić information content (AvgIpc) is 2.80. The number of hydrogen-bond donors (Lipinski definition) is 0. The maximum atomic E-state index is 4.34. The summed E-state index contributed by atoms with van der Waals surface area (Å²) in [7, 11) is 0. The summed E-state index contributed by atoms with van der Waals surface area (Å²) in [4.78, 5) is 4.34. The lowest BCUT2D eigenvalue weighted by atomic mass is 9.97. The third-order valence-corrected chi connectivity index (χ3v) is 4.61. The van der Waals surface area contributed by atoms with Gasteiger partial charge in [-0.2, -0.15) is 0 Å². The van der Waals surface area contributed by atoms with Crippen LogP contribution in [0.1, 0.15) is 17.2 Å². The van der Waals surface area contributed by atoms with Gasteiger partial charge in [0.15, 0.2) is 0 Å². The molecule has 0 saturated carbocycles. The summed E-state index contributed by atoms with van der Waals surface area (Å²) in [6.45, 7) is 0. The van der Waals surface area contributed by atoms with Crippen LogP contribution in [0.5, 0.6) is 0 Å². The maximum absolute atomic E-state index is 4.34. The highest BCUT2D eigenvalue weighted by atomic mass is 79.9. The van der Waals surface area contributed by atoms with Crippen LogP contribution in [0.25, 0.3) is 0 Å². The summed E-state index contributed by atoms with van der Waals surface area (Å²) in [5, 5.41) is 3.07. The molecule has 1 unspecified atom stereocenters. The lowest BCUT2D eigenvalue weighted by molar-refractivity contribution is 0.757.